The standard InChI is InChI=1S/C17H20N8/c1-2-4-14(5-3-1)25-17(20-21-22-25)24-10-8-23(9-11-24)16-12-15(18-19-16)13-6-7-13/h1-5,12-13H,6-11H2,(H,18,19). The van der Waals surface area contributed by atoms with Crippen LogP contribution in [0.2, 0.25) is 0 Å². The highest BCUT2D eigenvalue weighted by atomic mass is 15.6. The molecule has 0 amide bonds. The second-order valence-electron chi connectivity index (χ2n) is 6.66. The highest BCUT2D eigenvalue weighted by molar-refractivity contribution is 5.46. The number of rotatable bonds is 4. The predicted octanol–water partition coefficient (Wildman–Crippen LogP) is 1.59. The van der Waals surface area contributed by atoms with Crippen LogP contribution in [0.25, 0.3) is 5.69 Å². The summed E-state index contributed by atoms with van der Waals surface area (Å²) in [6.07, 6.45) is 2.58. The first kappa shape index (κ1) is 14.4. The molecule has 0 atom stereocenters. The molecule has 8 nitrogen and oxygen atoms in total. The van der Waals surface area contributed by atoms with Crippen LogP contribution in [0.15, 0.2) is 36.4 Å². The molecular weight excluding hydrogens is 316 g/mol. The van der Waals surface area contributed by atoms with Crippen molar-refractivity contribution < 1.29 is 0 Å². The first-order valence-electron chi connectivity index (χ1n) is 8.77. The maximum Gasteiger partial charge on any atom is 0.250 e. The monoisotopic (exact) mass is 336 g/mol. The van der Waals surface area contributed by atoms with Crippen LogP contribution < -0.4 is 9.80 Å². The van der Waals surface area contributed by atoms with Crippen LogP contribution in [0.3, 0.4) is 0 Å². The van der Waals surface area contributed by atoms with Crippen molar-refractivity contribution in [3.05, 3.63) is 42.1 Å². The van der Waals surface area contributed by atoms with Crippen molar-refractivity contribution in [2.75, 3.05) is 36.0 Å². The number of nitrogens with one attached hydrogen (secondary N) is 1. The van der Waals surface area contributed by atoms with Gasteiger partial charge in [0, 0.05) is 43.9 Å². The number of nitrogens with zero attached hydrogens (tertiary/aromatic N) is 7. The number of anilines is 2. The zero-order valence-electron chi connectivity index (χ0n) is 13.9. The molecule has 2 fully saturated rings. The molecule has 2 aliphatic rings. The summed E-state index contributed by atoms with van der Waals surface area (Å²) in [5, 5.41) is 19.9. The van der Waals surface area contributed by atoms with Gasteiger partial charge >= 0.3 is 0 Å². The number of hydrogen-bond acceptors (Lipinski definition) is 6. The Bertz CT molecular complexity index is 842. The van der Waals surface area contributed by atoms with Crippen LogP contribution in [0.4, 0.5) is 11.8 Å². The minimum Gasteiger partial charge on any atom is -0.352 e. The second-order valence-corrected chi connectivity index (χ2v) is 6.66. The Morgan fingerprint density at radius 2 is 1.72 bits per heavy atom. The third kappa shape index (κ3) is 2.73. The van der Waals surface area contributed by atoms with Crippen molar-refractivity contribution in [1.82, 2.24) is 30.4 Å². The van der Waals surface area contributed by atoms with Crippen molar-refractivity contribution in [3.8, 4) is 5.69 Å². The van der Waals surface area contributed by atoms with Gasteiger partial charge in [-0.2, -0.15) is 9.78 Å². The molecule has 1 aliphatic carbocycles. The van der Waals surface area contributed by atoms with Crippen LogP contribution in [0, 0.1) is 0 Å². The Balaban J connectivity index is 1.30. The molecule has 0 spiro atoms. The fourth-order valence-corrected chi connectivity index (χ4v) is 3.34. The summed E-state index contributed by atoms with van der Waals surface area (Å²) in [6, 6.07) is 12.2. The van der Waals surface area contributed by atoms with E-state index in [1.54, 1.807) is 4.68 Å². The van der Waals surface area contributed by atoms with Crippen molar-refractivity contribution in [1.29, 1.82) is 0 Å². The van der Waals surface area contributed by atoms with Gasteiger partial charge in [-0.1, -0.05) is 23.3 Å². The van der Waals surface area contributed by atoms with Gasteiger partial charge in [-0.3, -0.25) is 5.10 Å². The number of aromatic nitrogens is 6. The van der Waals surface area contributed by atoms with Crippen LogP contribution >= 0.6 is 0 Å². The summed E-state index contributed by atoms with van der Waals surface area (Å²) in [4.78, 5) is 4.56. The third-order valence-electron chi connectivity index (χ3n) is 4.94. The summed E-state index contributed by atoms with van der Waals surface area (Å²) in [7, 11) is 0. The van der Waals surface area contributed by atoms with E-state index in [1.165, 1.54) is 18.5 Å². The molecule has 128 valence electrons. The van der Waals surface area contributed by atoms with Gasteiger partial charge in [0.1, 0.15) is 0 Å². The molecular formula is C17H20N8. The van der Waals surface area contributed by atoms with Gasteiger partial charge in [0.05, 0.1) is 5.69 Å². The smallest absolute Gasteiger partial charge is 0.250 e. The number of H-pyrrole nitrogens is 1. The highest BCUT2D eigenvalue weighted by Crippen LogP contribution is 2.39. The average Bonchev–Trinajstić information content (AvgIpc) is 3.21. The zero-order valence-corrected chi connectivity index (χ0v) is 13.9. The van der Waals surface area contributed by atoms with E-state index in [0.29, 0.717) is 5.92 Å². The minimum absolute atomic E-state index is 0.707. The summed E-state index contributed by atoms with van der Waals surface area (Å²) >= 11 is 0. The summed E-state index contributed by atoms with van der Waals surface area (Å²) in [5.74, 6) is 2.56. The second kappa shape index (κ2) is 5.87. The fraction of sp³-hybridized carbons (Fsp3) is 0.412. The lowest BCUT2D eigenvalue weighted by atomic mass is 10.2. The van der Waals surface area contributed by atoms with Gasteiger partial charge in [0.15, 0.2) is 5.82 Å². The van der Waals surface area contributed by atoms with E-state index in [-0.39, 0.29) is 0 Å². The molecule has 1 N–H and O–H groups in total. The SMILES string of the molecule is c1ccc(-n2nnnc2N2CCN(c3cc(C4CC4)[nH]n3)CC2)cc1. The van der Waals surface area contributed by atoms with E-state index in [9.17, 15) is 0 Å². The lowest BCUT2D eigenvalue weighted by Gasteiger charge is -2.34. The van der Waals surface area contributed by atoms with Gasteiger partial charge in [0.2, 0.25) is 5.95 Å². The van der Waals surface area contributed by atoms with E-state index < -0.39 is 0 Å². The Hall–Kier alpha value is -2.90. The topological polar surface area (TPSA) is 78.8 Å². The summed E-state index contributed by atoms with van der Waals surface area (Å²) in [5.41, 5.74) is 2.26. The summed E-state index contributed by atoms with van der Waals surface area (Å²) < 4.78 is 1.80. The van der Waals surface area contributed by atoms with Gasteiger partial charge in [0.25, 0.3) is 0 Å². The minimum atomic E-state index is 0.707. The number of hydrogen-bond donors (Lipinski definition) is 1. The number of tetrazole rings is 1. The third-order valence-corrected chi connectivity index (χ3v) is 4.94. The maximum atomic E-state index is 4.49. The van der Waals surface area contributed by atoms with Crippen LogP contribution in [0.1, 0.15) is 24.5 Å². The van der Waals surface area contributed by atoms with E-state index in [0.717, 1.165) is 43.6 Å². The maximum absolute atomic E-state index is 4.49. The van der Waals surface area contributed by atoms with Crippen molar-refractivity contribution in [2.24, 2.45) is 0 Å². The van der Waals surface area contributed by atoms with Gasteiger partial charge < -0.3 is 9.80 Å². The molecule has 0 bridgehead atoms. The van der Waals surface area contributed by atoms with Gasteiger partial charge in [-0.25, -0.2) is 0 Å². The Morgan fingerprint density at radius 3 is 2.48 bits per heavy atom. The van der Waals surface area contributed by atoms with Crippen LogP contribution in [-0.4, -0.2) is 56.6 Å². The number of aromatic amines is 1. The first-order chi connectivity index (χ1) is 12.4. The number of benzene rings is 1. The normalized spacial score (nSPS) is 17.9. The largest absolute Gasteiger partial charge is 0.352 e. The highest BCUT2D eigenvalue weighted by Gasteiger charge is 2.28. The fourth-order valence-electron chi connectivity index (χ4n) is 3.34. The lowest BCUT2D eigenvalue weighted by molar-refractivity contribution is 0.626. The molecule has 1 aromatic carbocycles. The summed E-state index contributed by atoms with van der Waals surface area (Å²) in [6.45, 7) is 3.57. The molecule has 5 rings (SSSR count). The Kier molecular flexibility index (Phi) is 3.39. The lowest BCUT2D eigenvalue weighted by Crippen LogP contribution is -2.47. The van der Waals surface area contributed by atoms with Crippen molar-refractivity contribution >= 4 is 11.8 Å². The molecule has 8 heteroatoms. The van der Waals surface area contributed by atoms with E-state index in [1.807, 2.05) is 30.3 Å². The Morgan fingerprint density at radius 1 is 0.960 bits per heavy atom. The van der Waals surface area contributed by atoms with E-state index in [4.69, 9.17) is 0 Å². The molecule has 25 heavy (non-hydrogen) atoms. The number of piperazine rings is 1. The molecule has 2 aromatic heterocycles. The van der Waals surface area contributed by atoms with Crippen molar-refractivity contribution in [2.45, 2.75) is 18.8 Å². The Labute approximate surface area is 145 Å². The van der Waals surface area contributed by atoms with Gasteiger partial charge in [-0.05, 0) is 35.4 Å². The van der Waals surface area contributed by atoms with Crippen molar-refractivity contribution in [3.63, 3.8) is 0 Å². The van der Waals surface area contributed by atoms with Gasteiger partial charge in [-0.15, -0.1) is 0 Å². The number of para-hydroxylation sites is 1. The van der Waals surface area contributed by atoms with E-state index >= 15 is 0 Å². The van der Waals surface area contributed by atoms with E-state index in [2.05, 4.69) is 41.6 Å². The molecule has 0 radical (unpaired) electrons. The van der Waals surface area contributed by atoms with Crippen LogP contribution in [0.5, 0.6) is 0 Å². The predicted molar refractivity (Wildman–Crippen MR) is 94.1 cm³/mol. The van der Waals surface area contributed by atoms with Crippen LogP contribution in [-0.2, 0) is 0 Å². The quantitative estimate of drug-likeness (QED) is 0.779. The average molecular weight is 336 g/mol. The first-order valence-corrected chi connectivity index (χ1v) is 8.77. The molecule has 3 heterocycles. The molecule has 1 saturated carbocycles. The molecule has 3 aromatic rings. The zero-order chi connectivity index (χ0) is 16.6. The molecule has 1 saturated heterocycles. The molecule has 0 unspecified atom stereocenters. The molecule has 1 aliphatic heterocycles.